The topological polar surface area (TPSA) is 107 Å². The average molecular weight is 529 g/mol. The third-order valence-electron chi connectivity index (χ3n) is 7.60. The number of hydrogen-bond donors (Lipinski definition) is 1. The van der Waals surface area contributed by atoms with Crippen LogP contribution in [0.4, 0.5) is 0 Å². The second-order valence-electron chi connectivity index (χ2n) is 10.8. The smallest absolute Gasteiger partial charge is 0.338 e. The summed E-state index contributed by atoms with van der Waals surface area (Å²) in [6.45, 7) is 20.3. The molecule has 0 saturated carbocycles. The van der Waals surface area contributed by atoms with Gasteiger partial charge in [0.25, 0.3) is 5.91 Å². The summed E-state index contributed by atoms with van der Waals surface area (Å²) in [6, 6.07) is 2.83. The third kappa shape index (κ3) is 8.62. The fraction of sp³-hybridized carbons (Fsp3) is 0.700. The van der Waals surface area contributed by atoms with E-state index in [1.165, 1.54) is 100 Å². The number of pyridine rings is 1. The van der Waals surface area contributed by atoms with Crippen molar-refractivity contribution < 1.29 is 19.2 Å². The van der Waals surface area contributed by atoms with Crippen LogP contribution in [0.15, 0.2) is 23.3 Å². The van der Waals surface area contributed by atoms with Gasteiger partial charge in [-0.2, -0.15) is 10.2 Å². The minimum atomic E-state index is -1.19. The molecule has 8 nitrogen and oxygen atoms in total. The van der Waals surface area contributed by atoms with E-state index in [0.29, 0.717) is 0 Å². The Balaban J connectivity index is 0.000000391. The second-order valence-corrected chi connectivity index (χ2v) is 10.8. The summed E-state index contributed by atoms with van der Waals surface area (Å²) in [6.07, 6.45) is 14.2. The Bertz CT molecular complexity index is 931. The molecule has 1 aromatic rings. The molecule has 1 aliphatic heterocycles. The highest BCUT2D eigenvalue weighted by Crippen LogP contribution is 2.32. The number of aromatic nitrogens is 1. The number of aromatic carboxylic acids is 1. The monoisotopic (exact) mass is 528 g/mol. The molecular weight excluding hydrogens is 478 g/mol. The van der Waals surface area contributed by atoms with Gasteiger partial charge < -0.3 is 9.59 Å². The van der Waals surface area contributed by atoms with Gasteiger partial charge in [0.1, 0.15) is 11.2 Å². The maximum Gasteiger partial charge on any atom is 0.338 e. The highest BCUT2D eigenvalue weighted by atomic mass is 16.4. The lowest BCUT2D eigenvalue weighted by atomic mass is 9.89. The molecule has 1 aliphatic rings. The van der Waals surface area contributed by atoms with E-state index >= 15 is 0 Å². The Morgan fingerprint density at radius 1 is 1.03 bits per heavy atom. The Hall–Kier alpha value is -2.79. The van der Waals surface area contributed by atoms with Crippen molar-refractivity contribution in [3.63, 3.8) is 0 Å². The Kier molecular flexibility index (Phi) is 14.2. The van der Waals surface area contributed by atoms with Crippen LogP contribution in [-0.2, 0) is 4.79 Å². The summed E-state index contributed by atoms with van der Waals surface area (Å²) in [5, 5.41) is 18.4. The summed E-state index contributed by atoms with van der Waals surface area (Å²) in [4.78, 5) is 32.8. The van der Waals surface area contributed by atoms with Gasteiger partial charge in [-0.05, 0) is 50.7 Å². The van der Waals surface area contributed by atoms with Crippen molar-refractivity contribution in [2.45, 2.75) is 105 Å². The van der Waals surface area contributed by atoms with Gasteiger partial charge in [0, 0.05) is 6.20 Å². The molecule has 2 rings (SSSR count). The van der Waals surface area contributed by atoms with Crippen molar-refractivity contribution in [2.24, 2.45) is 10.9 Å². The van der Waals surface area contributed by atoms with Crippen LogP contribution in [0.1, 0.15) is 116 Å². The van der Waals surface area contributed by atoms with Crippen LogP contribution in [0.3, 0.4) is 0 Å². The predicted molar refractivity (Wildman–Crippen MR) is 153 cm³/mol. The van der Waals surface area contributed by atoms with Crippen LogP contribution in [0.2, 0.25) is 0 Å². The second kappa shape index (κ2) is 16.2. The number of amidine groups is 1. The van der Waals surface area contributed by atoms with Gasteiger partial charge in [-0.15, -0.1) is 0 Å². The molecular formula is C30H50N5O3+. The molecule has 0 radical (unpaired) electrons. The van der Waals surface area contributed by atoms with Gasteiger partial charge in [0.05, 0.1) is 31.7 Å². The molecule has 1 unspecified atom stereocenters. The number of aliphatic imine (C=N–C) groups is 1. The van der Waals surface area contributed by atoms with Crippen LogP contribution >= 0.6 is 0 Å². The highest BCUT2D eigenvalue weighted by Gasteiger charge is 2.48. The molecule has 8 heteroatoms. The number of carboxylic acids is 1. The number of nitriles is 1. The van der Waals surface area contributed by atoms with E-state index < -0.39 is 17.4 Å². The zero-order chi connectivity index (χ0) is 28.8. The molecule has 1 aromatic heterocycles. The van der Waals surface area contributed by atoms with Gasteiger partial charge in [-0.3, -0.25) is 9.78 Å². The molecule has 2 heterocycles. The molecule has 0 aliphatic carbocycles. The first-order valence-corrected chi connectivity index (χ1v) is 14.4. The Morgan fingerprint density at radius 3 is 1.87 bits per heavy atom. The standard InChI is InChI=1S/C16H36N.C14H14N4O3/c1-5-9-13-17(14-10-6-2,15-11-7-3)16-12-8-4;1-8(2)14(3)13(21)18(7-15)11(17-14)10-9(12(19)20)5-4-6-16-10/h5-16H2,1-4H3;4-6,8H,1-3H3,(H,19,20)/q+1;. The van der Waals surface area contributed by atoms with Crippen LogP contribution in [0, 0.1) is 17.4 Å². The Morgan fingerprint density at radius 2 is 1.50 bits per heavy atom. The van der Waals surface area contributed by atoms with Gasteiger partial charge in [0.15, 0.2) is 12.0 Å². The zero-order valence-corrected chi connectivity index (χ0v) is 24.8. The first-order valence-electron chi connectivity index (χ1n) is 14.4. The van der Waals surface area contributed by atoms with Crippen molar-refractivity contribution in [3.8, 4) is 6.19 Å². The van der Waals surface area contributed by atoms with Crippen molar-refractivity contribution in [2.75, 3.05) is 26.2 Å². The summed E-state index contributed by atoms with van der Waals surface area (Å²) in [7, 11) is 0. The van der Waals surface area contributed by atoms with Gasteiger partial charge in [0.2, 0.25) is 0 Å². The molecule has 1 N–H and O–H groups in total. The van der Waals surface area contributed by atoms with Crippen molar-refractivity contribution in [3.05, 3.63) is 29.6 Å². The number of carbonyl (C=O) groups is 2. The highest BCUT2D eigenvalue weighted by molar-refractivity contribution is 6.18. The van der Waals surface area contributed by atoms with Gasteiger partial charge in [-0.1, -0.05) is 67.2 Å². The molecule has 212 valence electrons. The number of quaternary nitrogens is 1. The lowest BCUT2D eigenvalue weighted by Gasteiger charge is -2.39. The number of unbranched alkanes of at least 4 members (excludes halogenated alkanes) is 4. The quantitative estimate of drug-likeness (QED) is 0.213. The summed E-state index contributed by atoms with van der Waals surface area (Å²) < 4.78 is 1.42. The van der Waals surface area contributed by atoms with Crippen LogP contribution in [-0.4, -0.2) is 68.9 Å². The molecule has 0 spiro atoms. The largest absolute Gasteiger partial charge is 0.478 e. The van der Waals surface area contributed by atoms with E-state index in [1.807, 2.05) is 13.8 Å². The maximum atomic E-state index is 12.4. The fourth-order valence-electron chi connectivity index (χ4n) is 4.67. The van der Waals surface area contributed by atoms with E-state index in [2.05, 4.69) is 37.7 Å². The molecule has 38 heavy (non-hydrogen) atoms. The van der Waals surface area contributed by atoms with E-state index in [4.69, 9.17) is 0 Å². The zero-order valence-electron chi connectivity index (χ0n) is 24.8. The molecule has 0 fully saturated rings. The normalized spacial score (nSPS) is 17.2. The summed E-state index contributed by atoms with van der Waals surface area (Å²) in [5.74, 6) is -1.83. The first-order chi connectivity index (χ1) is 18.1. The fourth-order valence-corrected chi connectivity index (χ4v) is 4.67. The van der Waals surface area contributed by atoms with Crippen molar-refractivity contribution in [1.29, 1.82) is 5.26 Å². The molecule has 1 atom stereocenters. The third-order valence-corrected chi connectivity index (χ3v) is 7.60. The maximum absolute atomic E-state index is 12.4. The number of hydrogen-bond acceptors (Lipinski definition) is 5. The minimum Gasteiger partial charge on any atom is -0.478 e. The molecule has 1 amide bonds. The number of nitrogens with zero attached hydrogens (tertiary/aromatic N) is 5. The molecule has 0 aromatic carbocycles. The van der Waals surface area contributed by atoms with Crippen molar-refractivity contribution in [1.82, 2.24) is 9.88 Å². The van der Waals surface area contributed by atoms with Crippen molar-refractivity contribution >= 4 is 17.7 Å². The number of rotatable bonds is 15. The van der Waals surface area contributed by atoms with Crippen LogP contribution in [0.25, 0.3) is 0 Å². The minimum absolute atomic E-state index is 0.0169. The van der Waals surface area contributed by atoms with Crippen LogP contribution in [0.5, 0.6) is 0 Å². The van der Waals surface area contributed by atoms with E-state index in [-0.39, 0.29) is 23.0 Å². The lowest BCUT2D eigenvalue weighted by Crippen LogP contribution is -2.50. The number of carboxylic acid groups (broad SMARTS) is 1. The average Bonchev–Trinajstić information content (AvgIpc) is 3.18. The SMILES string of the molecule is CC(C)C1(C)N=C(c2ncccc2C(=O)O)N(C#N)C1=O.CCCC[N+](CCCC)(CCCC)CCCC. The summed E-state index contributed by atoms with van der Waals surface area (Å²) in [5.41, 5.74) is -1.18. The molecule has 0 bridgehead atoms. The molecule has 0 saturated heterocycles. The number of amides is 1. The summed E-state index contributed by atoms with van der Waals surface area (Å²) >= 11 is 0. The van der Waals surface area contributed by atoms with E-state index in [9.17, 15) is 20.0 Å². The van der Waals surface area contributed by atoms with E-state index in [0.717, 1.165) is 4.90 Å². The Labute approximate surface area is 230 Å². The van der Waals surface area contributed by atoms with E-state index in [1.54, 1.807) is 13.1 Å². The lowest BCUT2D eigenvalue weighted by molar-refractivity contribution is -0.929. The predicted octanol–water partition coefficient (Wildman–Crippen LogP) is 6.27. The van der Waals surface area contributed by atoms with Gasteiger partial charge in [-0.25, -0.2) is 9.79 Å². The first kappa shape index (κ1) is 33.2. The van der Waals surface area contributed by atoms with Gasteiger partial charge >= 0.3 is 5.97 Å². The van der Waals surface area contributed by atoms with Crippen LogP contribution < -0.4 is 0 Å². The number of carbonyl (C=O) groups excluding carboxylic acids is 1.